The van der Waals surface area contributed by atoms with E-state index < -0.39 is 0 Å². The number of rotatable bonds is 5. The van der Waals surface area contributed by atoms with E-state index in [2.05, 4.69) is 0 Å². The summed E-state index contributed by atoms with van der Waals surface area (Å²) in [5, 5.41) is -0.229. The molecule has 2 amide bonds. The Balaban J connectivity index is 2.41. The molecule has 23 heavy (non-hydrogen) atoms. The molecule has 1 saturated heterocycles. The maximum atomic E-state index is 12.4. The molecule has 0 aromatic heterocycles. The molecule has 1 aromatic carbocycles. The van der Waals surface area contributed by atoms with Crippen LogP contribution in [0.3, 0.4) is 0 Å². The van der Waals surface area contributed by atoms with Gasteiger partial charge in [0.05, 0.1) is 18.6 Å². The lowest BCUT2D eigenvalue weighted by Gasteiger charge is -2.16. The van der Waals surface area contributed by atoms with Gasteiger partial charge in [0, 0.05) is 6.04 Å². The van der Waals surface area contributed by atoms with Gasteiger partial charge in [0.15, 0.2) is 11.5 Å². The number of benzene rings is 1. The van der Waals surface area contributed by atoms with Gasteiger partial charge in [-0.25, -0.2) is 0 Å². The first-order valence-electron chi connectivity index (χ1n) is 7.47. The van der Waals surface area contributed by atoms with E-state index in [9.17, 15) is 9.59 Å². The molecule has 5 nitrogen and oxygen atoms in total. The molecule has 0 N–H and O–H groups in total. The summed E-state index contributed by atoms with van der Waals surface area (Å²) >= 11 is 0.969. The molecule has 1 aliphatic heterocycles. The maximum Gasteiger partial charge on any atom is 0.293 e. The summed E-state index contributed by atoms with van der Waals surface area (Å²) in [7, 11) is 1.59. The van der Waals surface area contributed by atoms with Crippen LogP contribution in [0.25, 0.3) is 6.08 Å². The van der Waals surface area contributed by atoms with Gasteiger partial charge >= 0.3 is 0 Å². The highest BCUT2D eigenvalue weighted by molar-refractivity contribution is 8.18. The highest BCUT2D eigenvalue weighted by Gasteiger charge is 2.36. The lowest BCUT2D eigenvalue weighted by molar-refractivity contribution is -0.123. The first-order valence-corrected chi connectivity index (χ1v) is 8.29. The van der Waals surface area contributed by atoms with Crippen molar-refractivity contribution in [3.63, 3.8) is 0 Å². The van der Waals surface area contributed by atoms with Crippen LogP contribution in [-0.2, 0) is 4.79 Å². The Bertz CT molecular complexity index is 667. The molecule has 0 bridgehead atoms. The number of aryl methyl sites for hydroxylation is 1. The molecule has 124 valence electrons. The average molecular weight is 335 g/mol. The molecular weight excluding hydrogens is 314 g/mol. The zero-order valence-corrected chi connectivity index (χ0v) is 14.8. The molecule has 0 spiro atoms. The highest BCUT2D eigenvalue weighted by Crippen LogP contribution is 2.36. The van der Waals surface area contributed by atoms with Crippen LogP contribution in [-0.4, -0.2) is 35.8 Å². The van der Waals surface area contributed by atoms with Crippen LogP contribution in [0.2, 0.25) is 0 Å². The smallest absolute Gasteiger partial charge is 0.293 e. The second kappa shape index (κ2) is 7.08. The monoisotopic (exact) mass is 335 g/mol. The molecule has 6 heteroatoms. The lowest BCUT2D eigenvalue weighted by Crippen LogP contribution is -2.34. The molecule has 0 aliphatic carbocycles. The molecule has 1 fully saturated rings. The zero-order valence-electron chi connectivity index (χ0n) is 14.0. The topological polar surface area (TPSA) is 55.8 Å². The fourth-order valence-electron chi connectivity index (χ4n) is 2.33. The Morgan fingerprint density at radius 3 is 2.48 bits per heavy atom. The summed E-state index contributed by atoms with van der Waals surface area (Å²) in [4.78, 5) is 26.0. The Hall–Kier alpha value is -1.95. The SMILES string of the molecule is CCOc1cc(C=C2SC(=O)N(C(C)C)C2=O)c(C)cc1OC. The minimum atomic E-state index is -0.247. The Kier molecular flexibility index (Phi) is 5.36. The fourth-order valence-corrected chi connectivity index (χ4v) is 3.28. The van der Waals surface area contributed by atoms with Crippen LogP contribution in [0.5, 0.6) is 11.5 Å². The number of methoxy groups -OCH3 is 1. The van der Waals surface area contributed by atoms with Crippen LogP contribution in [0.4, 0.5) is 4.79 Å². The maximum absolute atomic E-state index is 12.4. The quantitative estimate of drug-likeness (QED) is 0.765. The first-order chi connectivity index (χ1) is 10.9. The van der Waals surface area contributed by atoms with Crippen LogP contribution in [0, 0.1) is 6.92 Å². The molecule has 2 rings (SSSR count). The number of nitrogens with zero attached hydrogens (tertiary/aromatic N) is 1. The number of carbonyl (C=O) groups is 2. The first kappa shape index (κ1) is 17.4. The van der Waals surface area contributed by atoms with Gasteiger partial charge in [-0.15, -0.1) is 0 Å². The van der Waals surface area contributed by atoms with Gasteiger partial charge in [0.2, 0.25) is 0 Å². The average Bonchev–Trinajstić information content (AvgIpc) is 2.76. The lowest BCUT2D eigenvalue weighted by atomic mass is 10.1. The molecule has 0 saturated carbocycles. The summed E-state index contributed by atoms with van der Waals surface area (Å²) in [6.45, 7) is 7.99. The number of imide groups is 1. The minimum absolute atomic E-state index is 0.149. The van der Waals surface area contributed by atoms with Crippen molar-refractivity contribution in [1.29, 1.82) is 0 Å². The minimum Gasteiger partial charge on any atom is -0.493 e. The van der Waals surface area contributed by atoms with E-state index in [1.54, 1.807) is 13.2 Å². The molecule has 0 radical (unpaired) electrons. The number of hydrogen-bond acceptors (Lipinski definition) is 5. The van der Waals surface area contributed by atoms with Crippen molar-refractivity contribution in [1.82, 2.24) is 4.90 Å². The molecule has 1 aromatic rings. The third kappa shape index (κ3) is 3.52. The Labute approximate surface area is 140 Å². The van der Waals surface area contributed by atoms with Gasteiger partial charge in [0.25, 0.3) is 11.1 Å². The van der Waals surface area contributed by atoms with Crippen LogP contribution in [0.15, 0.2) is 17.0 Å². The van der Waals surface area contributed by atoms with Gasteiger partial charge < -0.3 is 9.47 Å². The van der Waals surface area contributed by atoms with E-state index in [4.69, 9.17) is 9.47 Å². The number of amides is 2. The summed E-state index contributed by atoms with van der Waals surface area (Å²) in [5.74, 6) is 1.02. The number of ether oxygens (including phenoxy) is 2. The highest BCUT2D eigenvalue weighted by atomic mass is 32.2. The van der Waals surface area contributed by atoms with E-state index >= 15 is 0 Å². The summed E-state index contributed by atoms with van der Waals surface area (Å²) in [6, 6.07) is 3.55. The number of hydrogen-bond donors (Lipinski definition) is 0. The van der Waals surface area contributed by atoms with Gasteiger partial charge in [-0.2, -0.15) is 0 Å². The predicted octanol–water partition coefficient (Wildman–Crippen LogP) is 3.85. The van der Waals surface area contributed by atoms with Crippen LogP contribution < -0.4 is 9.47 Å². The second-order valence-electron chi connectivity index (χ2n) is 5.44. The molecular formula is C17H21NO4S. The van der Waals surface area contributed by atoms with E-state index in [0.717, 1.165) is 22.9 Å². The van der Waals surface area contributed by atoms with Crippen molar-refractivity contribution in [3.05, 3.63) is 28.2 Å². The van der Waals surface area contributed by atoms with Gasteiger partial charge in [-0.3, -0.25) is 14.5 Å². The van der Waals surface area contributed by atoms with Crippen molar-refractivity contribution in [2.24, 2.45) is 0 Å². The van der Waals surface area contributed by atoms with Crippen molar-refractivity contribution in [2.45, 2.75) is 33.7 Å². The fraction of sp³-hybridized carbons (Fsp3) is 0.412. The van der Waals surface area contributed by atoms with Gasteiger partial charge in [-0.05, 0) is 68.8 Å². The summed E-state index contributed by atoms with van der Waals surface area (Å²) in [6.07, 6.45) is 1.74. The molecule has 0 unspecified atom stereocenters. The molecule has 0 atom stereocenters. The number of carbonyl (C=O) groups excluding carboxylic acids is 2. The van der Waals surface area contributed by atoms with E-state index in [-0.39, 0.29) is 17.2 Å². The second-order valence-corrected chi connectivity index (χ2v) is 6.43. The standard InChI is InChI=1S/C17H21NO4S/c1-6-22-14-8-12(11(4)7-13(14)21-5)9-15-16(19)18(10(2)3)17(20)23-15/h7-10H,6H2,1-5H3. The predicted molar refractivity (Wildman–Crippen MR) is 91.8 cm³/mol. The van der Waals surface area contributed by atoms with Crippen molar-refractivity contribution in [3.8, 4) is 11.5 Å². The Morgan fingerprint density at radius 2 is 1.96 bits per heavy atom. The van der Waals surface area contributed by atoms with Gasteiger partial charge in [0.1, 0.15) is 0 Å². The number of thioether (sulfide) groups is 1. The zero-order chi connectivity index (χ0) is 17.1. The normalized spacial score (nSPS) is 16.6. The van der Waals surface area contributed by atoms with E-state index in [0.29, 0.717) is 23.0 Å². The van der Waals surface area contributed by atoms with Crippen LogP contribution in [0.1, 0.15) is 31.9 Å². The molecule has 1 aliphatic rings. The van der Waals surface area contributed by atoms with Gasteiger partial charge in [-0.1, -0.05) is 0 Å². The summed E-state index contributed by atoms with van der Waals surface area (Å²) in [5.41, 5.74) is 1.78. The van der Waals surface area contributed by atoms with E-state index in [1.807, 2.05) is 39.8 Å². The van der Waals surface area contributed by atoms with Crippen molar-refractivity contribution >= 4 is 29.0 Å². The third-order valence-electron chi connectivity index (χ3n) is 3.48. The van der Waals surface area contributed by atoms with Crippen molar-refractivity contribution < 1.29 is 19.1 Å². The summed E-state index contributed by atoms with van der Waals surface area (Å²) < 4.78 is 10.9. The third-order valence-corrected chi connectivity index (χ3v) is 4.36. The largest absolute Gasteiger partial charge is 0.493 e. The van der Waals surface area contributed by atoms with Crippen LogP contribution >= 0.6 is 11.8 Å². The molecule has 1 heterocycles. The van der Waals surface area contributed by atoms with E-state index in [1.165, 1.54) is 4.90 Å². The Morgan fingerprint density at radius 1 is 1.26 bits per heavy atom. The van der Waals surface area contributed by atoms with Crippen molar-refractivity contribution in [2.75, 3.05) is 13.7 Å².